The minimum absolute atomic E-state index is 0.0498. The molecule has 1 aromatic heterocycles. The Morgan fingerprint density at radius 2 is 1.93 bits per heavy atom. The molecule has 0 N–H and O–H groups in total. The molecule has 4 heteroatoms. The molecule has 0 fully saturated rings. The summed E-state index contributed by atoms with van der Waals surface area (Å²) in [4.78, 5) is 9.34. The fourth-order valence-corrected chi connectivity index (χ4v) is 2.71. The van der Waals surface area contributed by atoms with Gasteiger partial charge in [0.1, 0.15) is 5.76 Å². The Morgan fingerprint density at radius 3 is 2.67 bits per heavy atom. The van der Waals surface area contributed by atoms with E-state index in [1.165, 1.54) is 16.3 Å². The van der Waals surface area contributed by atoms with Crippen molar-refractivity contribution >= 4 is 35.7 Å². The van der Waals surface area contributed by atoms with Crippen LogP contribution in [0.15, 0.2) is 75.3 Å². The normalized spacial score (nSPS) is 13.3. The van der Waals surface area contributed by atoms with Gasteiger partial charge in [0.05, 0.1) is 6.20 Å². The highest BCUT2D eigenvalue weighted by atomic mass is 32.1. The molecule has 2 aromatic carbocycles. The Labute approximate surface area is 166 Å². The average molecular weight is 377 g/mol. The van der Waals surface area contributed by atoms with Crippen LogP contribution in [-0.2, 0) is 11.8 Å². The lowest BCUT2D eigenvalue weighted by Gasteiger charge is -2.12. The molecule has 0 aliphatic heterocycles. The van der Waals surface area contributed by atoms with E-state index in [9.17, 15) is 0 Å². The summed E-state index contributed by atoms with van der Waals surface area (Å²) in [6.07, 6.45) is 9.77. The second kappa shape index (κ2) is 8.40. The highest BCUT2D eigenvalue weighted by Crippen LogP contribution is 2.23. The lowest BCUT2D eigenvalue weighted by molar-refractivity contribution is 0.403. The van der Waals surface area contributed by atoms with Gasteiger partial charge in [-0.2, -0.15) is 0 Å². The van der Waals surface area contributed by atoms with Gasteiger partial charge in [0.2, 0.25) is 5.89 Å². The zero-order chi connectivity index (χ0) is 19.3. The Morgan fingerprint density at radius 1 is 1.15 bits per heavy atom. The Kier molecular flexibility index (Phi) is 5.97. The summed E-state index contributed by atoms with van der Waals surface area (Å²) in [6.45, 7) is 6.28. The van der Waals surface area contributed by atoms with E-state index in [0.29, 0.717) is 5.89 Å². The summed E-state index contributed by atoms with van der Waals surface area (Å²) < 4.78 is 5.72. The number of aromatic nitrogens is 1. The van der Waals surface area contributed by atoms with Gasteiger partial charge in [-0.05, 0) is 22.4 Å². The minimum Gasteiger partial charge on any atom is -0.441 e. The van der Waals surface area contributed by atoms with Gasteiger partial charge in [-0.1, -0.05) is 63.2 Å². The molecule has 0 unspecified atom stereocenters. The van der Waals surface area contributed by atoms with Gasteiger partial charge in [0.15, 0.2) is 0 Å². The number of hydrogen-bond donors (Lipinski definition) is 1. The molecule has 0 saturated heterocycles. The monoisotopic (exact) mass is 376 g/mol. The Balaban J connectivity index is 1.58. The number of oxazole rings is 1. The number of fused-ring (bicyclic) bond motifs is 1. The van der Waals surface area contributed by atoms with Gasteiger partial charge < -0.3 is 4.42 Å². The first-order chi connectivity index (χ1) is 12.9. The maximum absolute atomic E-state index is 5.72. The highest BCUT2D eigenvalue weighted by molar-refractivity contribution is 7.84. The summed E-state index contributed by atoms with van der Waals surface area (Å²) in [6, 6.07) is 14.8. The standard InChI is InChI=1S/C23H24N2OS/c1-23(2,3)21-16-25-22(26-21)11-10-20(27)15-24-13-12-17-8-9-18-6-4-5-7-19(18)14-17/h4-11,13-16,27H,12H2,1-3H3/b11-10-,20-15-,24-13?. The quantitative estimate of drug-likeness (QED) is 0.326. The van der Waals surface area contributed by atoms with Crippen LogP contribution >= 0.6 is 12.6 Å². The van der Waals surface area contributed by atoms with Crippen LogP contribution in [0, 0.1) is 0 Å². The molecular formula is C23H24N2OS. The average Bonchev–Trinajstić information content (AvgIpc) is 3.13. The topological polar surface area (TPSA) is 38.4 Å². The van der Waals surface area contributed by atoms with E-state index in [4.69, 9.17) is 4.42 Å². The van der Waals surface area contributed by atoms with Crippen molar-refractivity contribution in [2.75, 3.05) is 0 Å². The van der Waals surface area contributed by atoms with E-state index in [1.54, 1.807) is 18.5 Å². The fourth-order valence-electron chi connectivity index (χ4n) is 2.56. The molecule has 0 amide bonds. The number of aliphatic imine (C=N–C) groups is 1. The van der Waals surface area contributed by atoms with Crippen molar-refractivity contribution < 1.29 is 4.42 Å². The van der Waals surface area contributed by atoms with Crippen molar-refractivity contribution in [2.24, 2.45) is 4.99 Å². The molecule has 3 aromatic rings. The van der Waals surface area contributed by atoms with Crippen molar-refractivity contribution in [1.82, 2.24) is 4.98 Å². The highest BCUT2D eigenvalue weighted by Gasteiger charge is 2.18. The Hall–Kier alpha value is -2.59. The number of hydrogen-bond acceptors (Lipinski definition) is 4. The zero-order valence-corrected chi connectivity index (χ0v) is 16.8. The van der Waals surface area contributed by atoms with Gasteiger partial charge in [-0.25, -0.2) is 4.98 Å². The first-order valence-electron chi connectivity index (χ1n) is 8.95. The minimum atomic E-state index is -0.0498. The Bertz CT molecular complexity index is 1010. The molecular weight excluding hydrogens is 352 g/mol. The molecule has 0 spiro atoms. The SMILES string of the molecule is CC(C)(C)c1cnc(/C=C\C(S)=C\N=CCc2ccc3ccccc3c2)o1. The van der Waals surface area contributed by atoms with Crippen molar-refractivity contribution in [3.05, 3.63) is 83.1 Å². The number of allylic oxidation sites excluding steroid dienone is 1. The summed E-state index contributed by atoms with van der Waals surface area (Å²) in [7, 11) is 0. The summed E-state index contributed by atoms with van der Waals surface area (Å²) in [5.74, 6) is 1.43. The second-order valence-corrected chi connectivity index (χ2v) is 7.93. The third kappa shape index (κ3) is 5.44. The second-order valence-electron chi connectivity index (χ2n) is 7.42. The predicted molar refractivity (Wildman–Crippen MR) is 117 cm³/mol. The van der Waals surface area contributed by atoms with Crippen LogP contribution in [0.4, 0.5) is 0 Å². The number of nitrogens with zero attached hydrogens (tertiary/aromatic N) is 2. The summed E-state index contributed by atoms with van der Waals surface area (Å²) >= 11 is 4.42. The van der Waals surface area contributed by atoms with Gasteiger partial charge in [-0.15, -0.1) is 12.6 Å². The van der Waals surface area contributed by atoms with Crippen LogP contribution in [0.1, 0.15) is 38.0 Å². The van der Waals surface area contributed by atoms with Crippen molar-refractivity contribution in [3.8, 4) is 0 Å². The van der Waals surface area contributed by atoms with Crippen LogP contribution < -0.4 is 0 Å². The largest absolute Gasteiger partial charge is 0.441 e. The molecule has 0 atom stereocenters. The first kappa shape index (κ1) is 19.2. The van der Waals surface area contributed by atoms with Crippen molar-refractivity contribution in [1.29, 1.82) is 0 Å². The lowest BCUT2D eigenvalue weighted by atomic mass is 9.94. The maximum Gasteiger partial charge on any atom is 0.218 e. The van der Waals surface area contributed by atoms with Crippen LogP contribution in [0.25, 0.3) is 16.8 Å². The van der Waals surface area contributed by atoms with Crippen molar-refractivity contribution in [3.63, 3.8) is 0 Å². The zero-order valence-electron chi connectivity index (χ0n) is 15.9. The van der Waals surface area contributed by atoms with Crippen molar-refractivity contribution in [2.45, 2.75) is 32.6 Å². The molecule has 27 heavy (non-hydrogen) atoms. The van der Waals surface area contributed by atoms with Crippen LogP contribution in [0.3, 0.4) is 0 Å². The number of rotatable bonds is 5. The van der Waals surface area contributed by atoms with E-state index in [-0.39, 0.29) is 5.41 Å². The summed E-state index contributed by atoms with van der Waals surface area (Å²) in [5.41, 5.74) is 1.18. The molecule has 1 heterocycles. The predicted octanol–water partition coefficient (Wildman–Crippen LogP) is 6.22. The van der Waals surface area contributed by atoms with E-state index in [1.807, 2.05) is 12.3 Å². The fraction of sp³-hybridized carbons (Fsp3) is 0.217. The van der Waals surface area contributed by atoms with Crippen LogP contribution in [-0.4, -0.2) is 11.2 Å². The van der Waals surface area contributed by atoms with E-state index >= 15 is 0 Å². The molecule has 0 aliphatic rings. The van der Waals surface area contributed by atoms with Gasteiger partial charge in [-0.3, -0.25) is 4.99 Å². The third-order valence-electron chi connectivity index (χ3n) is 4.11. The first-order valence-corrected chi connectivity index (χ1v) is 9.39. The third-order valence-corrected chi connectivity index (χ3v) is 4.38. The summed E-state index contributed by atoms with van der Waals surface area (Å²) in [5, 5.41) is 2.50. The molecule has 0 bridgehead atoms. The lowest BCUT2D eigenvalue weighted by Crippen LogP contribution is -2.09. The molecule has 0 saturated carbocycles. The van der Waals surface area contributed by atoms with E-state index in [2.05, 4.69) is 85.8 Å². The molecule has 138 valence electrons. The van der Waals surface area contributed by atoms with E-state index < -0.39 is 0 Å². The van der Waals surface area contributed by atoms with Crippen LogP contribution in [0.5, 0.6) is 0 Å². The molecule has 0 aliphatic carbocycles. The number of benzene rings is 2. The molecule has 3 rings (SSSR count). The molecule has 3 nitrogen and oxygen atoms in total. The molecule has 0 radical (unpaired) electrons. The van der Waals surface area contributed by atoms with Gasteiger partial charge in [0.25, 0.3) is 0 Å². The maximum atomic E-state index is 5.72. The van der Waals surface area contributed by atoms with Crippen LogP contribution in [0.2, 0.25) is 0 Å². The van der Waals surface area contributed by atoms with Gasteiger partial charge in [0, 0.05) is 35.2 Å². The van der Waals surface area contributed by atoms with Gasteiger partial charge >= 0.3 is 0 Å². The smallest absolute Gasteiger partial charge is 0.218 e. The number of thiol groups is 1. The van der Waals surface area contributed by atoms with E-state index in [0.717, 1.165) is 17.1 Å².